The van der Waals surface area contributed by atoms with Crippen LogP contribution in [0.1, 0.15) is 6.92 Å². The molecule has 0 radical (unpaired) electrons. The summed E-state index contributed by atoms with van der Waals surface area (Å²) < 4.78 is 11.5. The molecule has 3 rings (SSSR count). The smallest absolute Gasteiger partial charge is 0.145 e. The molecule has 2 nitrogen and oxygen atoms in total. The van der Waals surface area contributed by atoms with Crippen molar-refractivity contribution >= 4 is 11.8 Å². The molecule has 0 spiro atoms. The van der Waals surface area contributed by atoms with Crippen molar-refractivity contribution < 1.29 is 9.47 Å². The van der Waals surface area contributed by atoms with Crippen LogP contribution in [0.4, 0.5) is 0 Å². The SMILES string of the molecule is CCOc1cccc2c1Sc1ccccc1O2. The molecule has 1 aliphatic heterocycles. The summed E-state index contributed by atoms with van der Waals surface area (Å²) in [6.45, 7) is 2.65. The molecule has 3 heteroatoms. The van der Waals surface area contributed by atoms with E-state index in [-0.39, 0.29) is 0 Å². The number of benzene rings is 2. The lowest BCUT2D eigenvalue weighted by atomic mass is 10.3. The molecule has 0 aliphatic carbocycles. The Morgan fingerprint density at radius 1 is 1.06 bits per heavy atom. The van der Waals surface area contributed by atoms with Gasteiger partial charge in [-0.05, 0) is 31.2 Å². The maximum atomic E-state index is 5.86. The van der Waals surface area contributed by atoms with Gasteiger partial charge >= 0.3 is 0 Å². The highest BCUT2D eigenvalue weighted by Gasteiger charge is 2.20. The van der Waals surface area contributed by atoms with Crippen molar-refractivity contribution in [2.75, 3.05) is 6.61 Å². The van der Waals surface area contributed by atoms with Crippen molar-refractivity contribution in [1.29, 1.82) is 0 Å². The van der Waals surface area contributed by atoms with Gasteiger partial charge in [0.1, 0.15) is 17.2 Å². The maximum absolute atomic E-state index is 5.86. The van der Waals surface area contributed by atoms with Crippen LogP contribution in [-0.2, 0) is 0 Å². The van der Waals surface area contributed by atoms with E-state index in [1.54, 1.807) is 11.8 Å². The number of hydrogen-bond acceptors (Lipinski definition) is 3. The Kier molecular flexibility index (Phi) is 2.69. The molecule has 0 fully saturated rings. The van der Waals surface area contributed by atoms with E-state index in [2.05, 4.69) is 6.07 Å². The van der Waals surface area contributed by atoms with Crippen LogP contribution in [0.5, 0.6) is 17.2 Å². The zero-order chi connectivity index (χ0) is 11.7. The van der Waals surface area contributed by atoms with Gasteiger partial charge in [-0.25, -0.2) is 0 Å². The normalized spacial score (nSPS) is 12.3. The monoisotopic (exact) mass is 244 g/mol. The zero-order valence-electron chi connectivity index (χ0n) is 9.47. The van der Waals surface area contributed by atoms with Gasteiger partial charge in [0.2, 0.25) is 0 Å². The molecule has 2 aromatic rings. The van der Waals surface area contributed by atoms with E-state index in [0.29, 0.717) is 6.61 Å². The third-order valence-electron chi connectivity index (χ3n) is 2.52. The van der Waals surface area contributed by atoms with E-state index in [0.717, 1.165) is 27.0 Å². The molecule has 1 aliphatic rings. The van der Waals surface area contributed by atoms with Crippen LogP contribution in [0.25, 0.3) is 0 Å². The maximum Gasteiger partial charge on any atom is 0.145 e. The lowest BCUT2D eigenvalue weighted by molar-refractivity contribution is 0.327. The minimum absolute atomic E-state index is 0.665. The predicted octanol–water partition coefficient (Wildman–Crippen LogP) is 4.34. The summed E-state index contributed by atoms with van der Waals surface area (Å²) >= 11 is 1.70. The van der Waals surface area contributed by atoms with E-state index >= 15 is 0 Å². The molecule has 0 atom stereocenters. The number of fused-ring (bicyclic) bond motifs is 2. The lowest BCUT2D eigenvalue weighted by Crippen LogP contribution is -1.99. The van der Waals surface area contributed by atoms with Crippen LogP contribution < -0.4 is 9.47 Å². The van der Waals surface area contributed by atoms with Crippen molar-refractivity contribution in [3.8, 4) is 17.2 Å². The average molecular weight is 244 g/mol. The molecule has 17 heavy (non-hydrogen) atoms. The largest absolute Gasteiger partial charge is 0.493 e. The summed E-state index contributed by atoms with van der Waals surface area (Å²) in [5.41, 5.74) is 0. The van der Waals surface area contributed by atoms with Crippen molar-refractivity contribution in [3.05, 3.63) is 42.5 Å². The molecule has 0 saturated heterocycles. The highest BCUT2D eigenvalue weighted by molar-refractivity contribution is 7.99. The fourth-order valence-corrected chi connectivity index (χ4v) is 2.81. The standard InChI is InChI=1S/C14H12O2S/c1-2-15-11-7-5-8-12-14(11)17-13-9-4-3-6-10(13)16-12/h3-9H,2H2,1H3. The molecular weight excluding hydrogens is 232 g/mol. The summed E-state index contributed by atoms with van der Waals surface area (Å²) in [6, 6.07) is 14.0. The van der Waals surface area contributed by atoms with Gasteiger partial charge in [-0.1, -0.05) is 30.0 Å². The van der Waals surface area contributed by atoms with E-state index in [9.17, 15) is 0 Å². The summed E-state index contributed by atoms with van der Waals surface area (Å²) in [5, 5.41) is 0. The molecule has 0 N–H and O–H groups in total. The molecule has 0 aromatic heterocycles. The van der Waals surface area contributed by atoms with Gasteiger partial charge in [0.05, 0.1) is 16.4 Å². The second-order valence-electron chi connectivity index (χ2n) is 3.67. The third-order valence-corrected chi connectivity index (χ3v) is 3.69. The Labute approximate surface area is 105 Å². The van der Waals surface area contributed by atoms with Crippen LogP contribution in [0.2, 0.25) is 0 Å². The molecule has 0 amide bonds. The van der Waals surface area contributed by atoms with E-state index in [4.69, 9.17) is 9.47 Å². The van der Waals surface area contributed by atoms with Crippen LogP contribution in [0.15, 0.2) is 52.3 Å². The number of ether oxygens (including phenoxy) is 2. The van der Waals surface area contributed by atoms with Gasteiger partial charge < -0.3 is 9.47 Å². The van der Waals surface area contributed by atoms with Gasteiger partial charge in [0.15, 0.2) is 0 Å². The van der Waals surface area contributed by atoms with Crippen molar-refractivity contribution in [1.82, 2.24) is 0 Å². The van der Waals surface area contributed by atoms with Crippen molar-refractivity contribution in [2.24, 2.45) is 0 Å². The Balaban J connectivity index is 2.05. The van der Waals surface area contributed by atoms with Crippen molar-refractivity contribution in [3.63, 3.8) is 0 Å². The zero-order valence-corrected chi connectivity index (χ0v) is 10.3. The van der Waals surface area contributed by atoms with Crippen LogP contribution in [0.3, 0.4) is 0 Å². The fraction of sp³-hybridized carbons (Fsp3) is 0.143. The number of para-hydroxylation sites is 1. The second kappa shape index (κ2) is 4.34. The van der Waals surface area contributed by atoms with Gasteiger partial charge in [0.25, 0.3) is 0 Å². The van der Waals surface area contributed by atoms with Crippen molar-refractivity contribution in [2.45, 2.75) is 16.7 Å². The minimum Gasteiger partial charge on any atom is -0.493 e. The Bertz CT molecular complexity index is 552. The molecule has 0 bridgehead atoms. The Hall–Kier alpha value is -1.61. The number of rotatable bonds is 2. The topological polar surface area (TPSA) is 18.5 Å². The van der Waals surface area contributed by atoms with Gasteiger partial charge in [-0.3, -0.25) is 0 Å². The minimum atomic E-state index is 0.665. The Morgan fingerprint density at radius 2 is 1.88 bits per heavy atom. The molecular formula is C14H12O2S. The van der Waals surface area contributed by atoms with Gasteiger partial charge in [-0.2, -0.15) is 0 Å². The second-order valence-corrected chi connectivity index (χ2v) is 4.72. The molecule has 0 unspecified atom stereocenters. The molecule has 86 valence electrons. The molecule has 1 heterocycles. The highest BCUT2D eigenvalue weighted by atomic mass is 32.2. The summed E-state index contributed by atoms with van der Waals surface area (Å²) in [6.07, 6.45) is 0. The summed E-state index contributed by atoms with van der Waals surface area (Å²) in [4.78, 5) is 2.19. The van der Waals surface area contributed by atoms with E-state index < -0.39 is 0 Å². The van der Waals surface area contributed by atoms with Crippen LogP contribution in [-0.4, -0.2) is 6.61 Å². The first-order valence-corrected chi connectivity index (χ1v) is 6.40. The molecule has 0 saturated carbocycles. The van der Waals surface area contributed by atoms with E-state index in [1.165, 1.54) is 0 Å². The van der Waals surface area contributed by atoms with Gasteiger partial charge in [-0.15, -0.1) is 0 Å². The van der Waals surface area contributed by atoms with Crippen LogP contribution >= 0.6 is 11.8 Å². The summed E-state index contributed by atoms with van der Waals surface area (Å²) in [5.74, 6) is 2.68. The number of hydrogen-bond donors (Lipinski definition) is 0. The predicted molar refractivity (Wildman–Crippen MR) is 68.3 cm³/mol. The van der Waals surface area contributed by atoms with E-state index in [1.807, 2.05) is 43.3 Å². The quantitative estimate of drug-likeness (QED) is 0.668. The fourth-order valence-electron chi connectivity index (χ4n) is 1.79. The van der Waals surface area contributed by atoms with Gasteiger partial charge in [0, 0.05) is 0 Å². The summed E-state index contributed by atoms with van der Waals surface area (Å²) in [7, 11) is 0. The first-order valence-electron chi connectivity index (χ1n) is 5.59. The Morgan fingerprint density at radius 3 is 2.76 bits per heavy atom. The lowest BCUT2D eigenvalue weighted by Gasteiger charge is -2.21. The first-order chi connectivity index (χ1) is 8.38. The highest BCUT2D eigenvalue weighted by Crippen LogP contribution is 2.50. The average Bonchev–Trinajstić information content (AvgIpc) is 2.37. The first kappa shape index (κ1) is 10.5. The third kappa shape index (κ3) is 1.87. The molecule has 2 aromatic carbocycles. The van der Waals surface area contributed by atoms with Crippen LogP contribution in [0, 0.1) is 0 Å².